The summed E-state index contributed by atoms with van der Waals surface area (Å²) in [6.07, 6.45) is 2.96. The molecule has 0 aliphatic carbocycles. The largest absolute Gasteiger partial charge is 0.356 e. The average molecular weight is 439 g/mol. The number of hydrogen-bond acceptors (Lipinski definition) is 3. The van der Waals surface area contributed by atoms with Crippen LogP contribution in [0, 0.1) is 11.7 Å². The molecule has 3 rings (SSSR count). The second kappa shape index (κ2) is 11.6. The van der Waals surface area contributed by atoms with E-state index in [1.807, 2.05) is 24.3 Å². The third-order valence-corrected chi connectivity index (χ3v) is 6.12. The van der Waals surface area contributed by atoms with Crippen LogP contribution in [0.2, 0.25) is 0 Å². The number of rotatable bonds is 9. The van der Waals surface area contributed by atoms with Crippen LogP contribution in [0.3, 0.4) is 0 Å². The molecule has 0 atom stereocenters. The van der Waals surface area contributed by atoms with E-state index < -0.39 is 0 Å². The van der Waals surface area contributed by atoms with Gasteiger partial charge in [0.25, 0.3) is 0 Å². The minimum atomic E-state index is -0.259. The number of amides is 2. The highest BCUT2D eigenvalue weighted by atomic mass is 19.1. The molecule has 1 aliphatic rings. The fourth-order valence-corrected chi connectivity index (χ4v) is 4.01. The second-order valence-corrected chi connectivity index (χ2v) is 8.26. The Hall–Kier alpha value is -3.02. The van der Waals surface area contributed by atoms with E-state index in [-0.39, 0.29) is 42.2 Å². The molecule has 2 amide bonds. The SMILES string of the molecule is CCc1ccc(C(=O)CCC(=O)N2CCC(C(=O)NCCc3ccccc3F)CC2)cc1. The third-order valence-electron chi connectivity index (χ3n) is 6.12. The first-order chi connectivity index (χ1) is 15.5. The van der Waals surface area contributed by atoms with E-state index >= 15 is 0 Å². The molecular weight excluding hydrogens is 407 g/mol. The Morgan fingerprint density at radius 3 is 2.34 bits per heavy atom. The quantitative estimate of drug-likeness (QED) is 0.603. The topological polar surface area (TPSA) is 66.5 Å². The van der Waals surface area contributed by atoms with Gasteiger partial charge in [-0.3, -0.25) is 14.4 Å². The van der Waals surface area contributed by atoms with Gasteiger partial charge in [0.2, 0.25) is 11.8 Å². The van der Waals surface area contributed by atoms with Crippen molar-refractivity contribution >= 4 is 17.6 Å². The molecule has 1 fully saturated rings. The van der Waals surface area contributed by atoms with Crippen LogP contribution in [0.5, 0.6) is 0 Å². The van der Waals surface area contributed by atoms with Gasteiger partial charge in [-0.05, 0) is 42.9 Å². The number of ketones is 1. The van der Waals surface area contributed by atoms with Crippen molar-refractivity contribution in [1.82, 2.24) is 10.2 Å². The molecule has 1 N–H and O–H groups in total. The van der Waals surface area contributed by atoms with E-state index in [1.165, 1.54) is 11.6 Å². The summed E-state index contributed by atoms with van der Waals surface area (Å²) in [6.45, 7) is 3.49. The maximum absolute atomic E-state index is 13.7. The van der Waals surface area contributed by atoms with Crippen LogP contribution in [0.15, 0.2) is 48.5 Å². The van der Waals surface area contributed by atoms with Crippen molar-refractivity contribution in [2.45, 2.75) is 45.4 Å². The van der Waals surface area contributed by atoms with Crippen molar-refractivity contribution in [2.75, 3.05) is 19.6 Å². The first-order valence-electron chi connectivity index (χ1n) is 11.4. The van der Waals surface area contributed by atoms with E-state index in [1.54, 1.807) is 23.1 Å². The van der Waals surface area contributed by atoms with Gasteiger partial charge in [0.1, 0.15) is 5.82 Å². The van der Waals surface area contributed by atoms with Crippen molar-refractivity contribution in [3.63, 3.8) is 0 Å². The number of nitrogens with zero attached hydrogens (tertiary/aromatic N) is 1. The molecule has 0 saturated carbocycles. The van der Waals surface area contributed by atoms with Gasteiger partial charge >= 0.3 is 0 Å². The van der Waals surface area contributed by atoms with E-state index in [2.05, 4.69) is 12.2 Å². The highest BCUT2D eigenvalue weighted by Crippen LogP contribution is 2.19. The number of Topliss-reactive ketones (excluding diaryl/α,β-unsaturated/α-hetero) is 1. The number of piperidine rings is 1. The Bertz CT molecular complexity index is 934. The molecular formula is C26H31FN2O3. The third kappa shape index (κ3) is 6.49. The van der Waals surface area contributed by atoms with Crippen LogP contribution >= 0.6 is 0 Å². The summed E-state index contributed by atoms with van der Waals surface area (Å²) in [7, 11) is 0. The lowest BCUT2D eigenvalue weighted by Crippen LogP contribution is -2.43. The number of carbonyl (C=O) groups excluding carboxylic acids is 3. The molecule has 1 heterocycles. The zero-order valence-electron chi connectivity index (χ0n) is 18.6. The zero-order valence-corrected chi connectivity index (χ0v) is 18.6. The van der Waals surface area contributed by atoms with Crippen molar-refractivity contribution in [2.24, 2.45) is 5.92 Å². The van der Waals surface area contributed by atoms with Gasteiger partial charge < -0.3 is 10.2 Å². The Morgan fingerprint density at radius 2 is 1.69 bits per heavy atom. The molecule has 1 aliphatic heterocycles. The van der Waals surface area contributed by atoms with Gasteiger partial charge in [-0.15, -0.1) is 0 Å². The summed E-state index contributed by atoms with van der Waals surface area (Å²) in [5, 5.41) is 2.88. The molecule has 170 valence electrons. The van der Waals surface area contributed by atoms with Gasteiger partial charge in [0, 0.05) is 44.0 Å². The number of nitrogens with one attached hydrogen (secondary N) is 1. The number of halogens is 1. The van der Waals surface area contributed by atoms with Gasteiger partial charge in [0.05, 0.1) is 0 Å². The lowest BCUT2D eigenvalue weighted by molar-refractivity contribution is -0.135. The standard InChI is InChI=1S/C26H31FN2O3/c1-2-19-7-9-21(10-8-19)24(30)11-12-25(31)29-17-14-22(15-18-29)26(32)28-16-13-20-5-3-4-6-23(20)27/h3-10,22H,2,11-18H2,1H3,(H,28,32). The highest BCUT2D eigenvalue weighted by Gasteiger charge is 2.27. The van der Waals surface area contributed by atoms with Crippen molar-refractivity contribution < 1.29 is 18.8 Å². The zero-order chi connectivity index (χ0) is 22.9. The molecule has 32 heavy (non-hydrogen) atoms. The lowest BCUT2D eigenvalue weighted by atomic mass is 9.95. The Balaban J connectivity index is 1.36. The molecule has 0 bridgehead atoms. The van der Waals surface area contributed by atoms with Crippen LogP contribution in [-0.2, 0) is 22.4 Å². The highest BCUT2D eigenvalue weighted by molar-refractivity contribution is 5.98. The first-order valence-corrected chi connectivity index (χ1v) is 11.4. The smallest absolute Gasteiger partial charge is 0.223 e. The molecule has 2 aromatic carbocycles. The summed E-state index contributed by atoms with van der Waals surface area (Å²) >= 11 is 0. The van der Waals surface area contributed by atoms with E-state index in [9.17, 15) is 18.8 Å². The number of likely N-dealkylation sites (tertiary alicyclic amines) is 1. The molecule has 1 saturated heterocycles. The van der Waals surface area contributed by atoms with Crippen molar-refractivity contribution in [3.8, 4) is 0 Å². The second-order valence-electron chi connectivity index (χ2n) is 8.26. The summed E-state index contributed by atoms with van der Waals surface area (Å²) in [4.78, 5) is 39.0. The molecule has 0 radical (unpaired) electrons. The van der Waals surface area contributed by atoms with Gasteiger partial charge in [0.15, 0.2) is 5.78 Å². The molecule has 0 spiro atoms. The Kier molecular flexibility index (Phi) is 8.54. The normalized spacial score (nSPS) is 14.2. The predicted octanol–water partition coefficient (Wildman–Crippen LogP) is 3.95. The summed E-state index contributed by atoms with van der Waals surface area (Å²) in [6, 6.07) is 14.1. The molecule has 0 aromatic heterocycles. The Morgan fingerprint density at radius 1 is 1.00 bits per heavy atom. The predicted molar refractivity (Wildman–Crippen MR) is 122 cm³/mol. The van der Waals surface area contributed by atoms with E-state index in [4.69, 9.17) is 0 Å². The monoisotopic (exact) mass is 438 g/mol. The minimum absolute atomic E-state index is 0.0230. The maximum Gasteiger partial charge on any atom is 0.223 e. The fraction of sp³-hybridized carbons (Fsp3) is 0.423. The van der Waals surface area contributed by atoms with E-state index in [0.29, 0.717) is 50.0 Å². The molecule has 2 aromatic rings. The number of hydrogen-bond donors (Lipinski definition) is 1. The number of aryl methyl sites for hydroxylation is 1. The van der Waals surface area contributed by atoms with Crippen molar-refractivity contribution in [3.05, 3.63) is 71.0 Å². The molecule has 5 nitrogen and oxygen atoms in total. The summed E-state index contributed by atoms with van der Waals surface area (Å²) < 4.78 is 13.7. The van der Waals surface area contributed by atoms with Crippen LogP contribution < -0.4 is 5.32 Å². The molecule has 0 unspecified atom stereocenters. The summed E-state index contributed by atoms with van der Waals surface area (Å²) in [5.74, 6) is -0.505. The van der Waals surface area contributed by atoms with Crippen LogP contribution in [0.4, 0.5) is 4.39 Å². The fourth-order valence-electron chi connectivity index (χ4n) is 4.01. The van der Waals surface area contributed by atoms with Gasteiger partial charge in [-0.1, -0.05) is 49.4 Å². The van der Waals surface area contributed by atoms with Crippen molar-refractivity contribution in [1.29, 1.82) is 0 Å². The number of benzene rings is 2. The van der Waals surface area contributed by atoms with Gasteiger partial charge in [-0.2, -0.15) is 0 Å². The summed E-state index contributed by atoms with van der Waals surface area (Å²) in [5.41, 5.74) is 2.40. The van der Waals surface area contributed by atoms with E-state index in [0.717, 1.165) is 6.42 Å². The first kappa shape index (κ1) is 23.6. The lowest BCUT2D eigenvalue weighted by Gasteiger charge is -2.31. The maximum atomic E-state index is 13.7. The average Bonchev–Trinajstić information content (AvgIpc) is 2.83. The Labute approximate surface area is 189 Å². The van der Waals surface area contributed by atoms with Crippen LogP contribution in [-0.4, -0.2) is 42.1 Å². The minimum Gasteiger partial charge on any atom is -0.356 e. The molecule has 6 heteroatoms. The number of carbonyl (C=O) groups is 3. The van der Waals surface area contributed by atoms with Crippen LogP contribution in [0.25, 0.3) is 0 Å². The van der Waals surface area contributed by atoms with Crippen LogP contribution in [0.1, 0.15) is 54.1 Å². The van der Waals surface area contributed by atoms with Gasteiger partial charge in [-0.25, -0.2) is 4.39 Å².